The molecule has 1 heterocycles. The van der Waals surface area contributed by atoms with Crippen molar-refractivity contribution in [2.24, 2.45) is 10.9 Å². The number of nitrogens with one attached hydrogen (secondary N) is 1. The first kappa shape index (κ1) is 27.5. The molecule has 2 aliphatic carbocycles. The van der Waals surface area contributed by atoms with Crippen LogP contribution in [0.25, 0.3) is 5.57 Å². The fraction of sp³-hybridized carbons (Fsp3) is 0.294. The summed E-state index contributed by atoms with van der Waals surface area (Å²) in [6, 6.07) is 12.5. The number of hydrogen-bond acceptors (Lipinski definition) is 4. The van der Waals surface area contributed by atoms with Gasteiger partial charge in [0, 0.05) is 42.1 Å². The van der Waals surface area contributed by atoms with Crippen molar-refractivity contribution in [2.45, 2.75) is 39.0 Å². The van der Waals surface area contributed by atoms with E-state index in [-0.39, 0.29) is 29.5 Å². The molecule has 1 aliphatic heterocycles. The number of fused-ring (bicyclic) bond motifs is 1. The van der Waals surface area contributed by atoms with E-state index in [1.807, 2.05) is 43.6 Å². The fourth-order valence-electron chi connectivity index (χ4n) is 5.58. The Morgan fingerprint density at radius 1 is 1.10 bits per heavy atom. The Labute approximate surface area is 236 Å². The summed E-state index contributed by atoms with van der Waals surface area (Å²) in [4.78, 5) is 20.4. The summed E-state index contributed by atoms with van der Waals surface area (Å²) in [5.41, 5.74) is 7.17. The highest BCUT2D eigenvalue weighted by atomic mass is 19.1. The van der Waals surface area contributed by atoms with Gasteiger partial charge in [-0.15, -0.1) is 0 Å². The molecule has 0 bridgehead atoms. The lowest BCUT2D eigenvalue weighted by Gasteiger charge is -2.21. The Balaban J connectivity index is 1.33. The van der Waals surface area contributed by atoms with Crippen LogP contribution in [0.3, 0.4) is 0 Å². The van der Waals surface area contributed by atoms with Gasteiger partial charge in [-0.05, 0) is 104 Å². The van der Waals surface area contributed by atoms with Crippen molar-refractivity contribution in [3.63, 3.8) is 0 Å². The second kappa shape index (κ2) is 11.6. The highest BCUT2D eigenvalue weighted by Crippen LogP contribution is 2.43. The molecular formula is C34H36FN3O2. The molecule has 0 aromatic heterocycles. The van der Waals surface area contributed by atoms with Gasteiger partial charge in [0.1, 0.15) is 17.3 Å². The van der Waals surface area contributed by atoms with E-state index in [1.165, 1.54) is 28.8 Å². The molecule has 6 heteroatoms. The van der Waals surface area contributed by atoms with Crippen molar-refractivity contribution in [2.75, 3.05) is 20.6 Å². The minimum atomic E-state index is -0.310. The molecule has 1 N–H and O–H groups in total. The number of aliphatic imine (C=N–C) groups is 1. The molecule has 0 saturated carbocycles. The van der Waals surface area contributed by atoms with Gasteiger partial charge in [0.05, 0.1) is 0 Å². The molecule has 3 atom stereocenters. The monoisotopic (exact) mass is 537 g/mol. The summed E-state index contributed by atoms with van der Waals surface area (Å²) in [7, 11) is 4.14. The maximum Gasteiger partial charge on any atom is 0.256 e. The average Bonchev–Trinajstić information content (AvgIpc) is 3.04. The number of nitrogens with zero attached hydrogens (tertiary/aromatic N) is 2. The van der Waals surface area contributed by atoms with Crippen molar-refractivity contribution < 1.29 is 13.9 Å². The Hall–Kier alpha value is -4.03. The molecule has 40 heavy (non-hydrogen) atoms. The number of halogens is 1. The lowest BCUT2D eigenvalue weighted by atomic mass is 9.88. The van der Waals surface area contributed by atoms with Crippen LogP contribution in [0.5, 0.6) is 5.75 Å². The van der Waals surface area contributed by atoms with E-state index in [4.69, 9.17) is 4.74 Å². The first-order chi connectivity index (χ1) is 19.2. The third kappa shape index (κ3) is 6.07. The quantitative estimate of drug-likeness (QED) is 0.419. The van der Waals surface area contributed by atoms with Crippen molar-refractivity contribution in [3.05, 3.63) is 118 Å². The van der Waals surface area contributed by atoms with E-state index in [9.17, 15) is 9.18 Å². The maximum atomic E-state index is 13.7. The molecule has 0 fully saturated rings. The van der Waals surface area contributed by atoms with Gasteiger partial charge in [-0.1, -0.05) is 37.6 Å². The van der Waals surface area contributed by atoms with Gasteiger partial charge in [0.15, 0.2) is 0 Å². The van der Waals surface area contributed by atoms with Gasteiger partial charge in [0.2, 0.25) is 0 Å². The van der Waals surface area contributed by atoms with Gasteiger partial charge in [-0.2, -0.15) is 0 Å². The first-order valence-electron chi connectivity index (χ1n) is 13.8. The minimum absolute atomic E-state index is 0.0206. The van der Waals surface area contributed by atoms with Crippen LogP contribution in [0.4, 0.5) is 4.39 Å². The van der Waals surface area contributed by atoms with Crippen LogP contribution in [0.1, 0.15) is 55.7 Å². The zero-order valence-electron chi connectivity index (χ0n) is 23.7. The number of carbonyl (C=O) groups excluding carboxylic acids is 1. The SMILES string of the molecule is CC1=C(C(=O)NC2=CC(C)C=C(Oc3ccc(F)cc3)C=C2)c2cc(C3C=NC=C(CN(C)C)C3)ccc2[C@@H]1C. The summed E-state index contributed by atoms with van der Waals surface area (Å²) in [5.74, 6) is 1.14. The molecule has 0 spiro atoms. The molecule has 3 aliphatic rings. The average molecular weight is 538 g/mol. The van der Waals surface area contributed by atoms with Crippen LogP contribution < -0.4 is 10.1 Å². The van der Waals surface area contributed by atoms with Gasteiger partial charge in [0.25, 0.3) is 5.91 Å². The third-order valence-corrected chi connectivity index (χ3v) is 7.64. The topological polar surface area (TPSA) is 53.9 Å². The van der Waals surface area contributed by atoms with Gasteiger partial charge in [-0.3, -0.25) is 9.79 Å². The van der Waals surface area contributed by atoms with E-state index >= 15 is 0 Å². The summed E-state index contributed by atoms with van der Waals surface area (Å²) >= 11 is 0. The van der Waals surface area contributed by atoms with Gasteiger partial charge in [-0.25, -0.2) is 4.39 Å². The van der Waals surface area contributed by atoms with Crippen LogP contribution in [0.15, 0.2) is 101 Å². The molecule has 0 radical (unpaired) electrons. The van der Waals surface area contributed by atoms with Crippen LogP contribution in [0.2, 0.25) is 0 Å². The Morgan fingerprint density at radius 2 is 1.88 bits per heavy atom. The largest absolute Gasteiger partial charge is 0.458 e. The maximum absolute atomic E-state index is 13.7. The van der Waals surface area contributed by atoms with Crippen LogP contribution in [-0.2, 0) is 4.79 Å². The Kier molecular flexibility index (Phi) is 7.99. The predicted octanol–water partition coefficient (Wildman–Crippen LogP) is 6.89. The Morgan fingerprint density at radius 3 is 2.62 bits per heavy atom. The first-order valence-corrected chi connectivity index (χ1v) is 13.8. The highest BCUT2D eigenvalue weighted by molar-refractivity contribution is 6.23. The molecular weight excluding hydrogens is 501 g/mol. The number of benzene rings is 2. The minimum Gasteiger partial charge on any atom is -0.458 e. The molecule has 2 aromatic carbocycles. The number of likely N-dealkylation sites (N-methyl/N-ethyl adjacent to an activating group) is 1. The van der Waals surface area contributed by atoms with E-state index in [1.54, 1.807) is 12.1 Å². The summed E-state index contributed by atoms with van der Waals surface area (Å²) in [5, 5.41) is 3.14. The van der Waals surface area contributed by atoms with E-state index in [2.05, 4.69) is 61.4 Å². The summed E-state index contributed by atoms with van der Waals surface area (Å²) in [6.45, 7) is 7.12. The van der Waals surface area contributed by atoms with Crippen molar-refractivity contribution >= 4 is 17.7 Å². The standard InChI is InChI=1S/C34H36FN3O2/c1-21-14-28(9-12-30(15-21)40-29-10-7-27(35)8-11-29)37-34(39)33-23(3)22(2)31-13-6-25(17-32(31)33)26-16-24(18-36-19-26)20-38(4)5/h6-15,17-19,21-22,26H,16,20H2,1-5H3,(H,37,39)/t21?,22-,26?/m1/s1. The highest BCUT2D eigenvalue weighted by Gasteiger charge is 2.31. The number of carbonyl (C=O) groups is 1. The van der Waals surface area contributed by atoms with E-state index in [0.717, 1.165) is 29.7 Å². The zero-order chi connectivity index (χ0) is 28.4. The van der Waals surface area contributed by atoms with Crippen molar-refractivity contribution in [3.8, 4) is 5.75 Å². The molecule has 2 unspecified atom stereocenters. The molecule has 5 rings (SSSR count). The predicted molar refractivity (Wildman–Crippen MR) is 160 cm³/mol. The molecule has 2 aromatic rings. The Bertz CT molecular complexity index is 1490. The van der Waals surface area contributed by atoms with Crippen LogP contribution >= 0.6 is 0 Å². The third-order valence-electron chi connectivity index (χ3n) is 7.64. The van der Waals surface area contributed by atoms with Crippen LogP contribution in [0, 0.1) is 11.7 Å². The zero-order valence-corrected chi connectivity index (χ0v) is 23.7. The molecule has 5 nitrogen and oxygen atoms in total. The number of ether oxygens (including phenoxy) is 1. The summed E-state index contributed by atoms with van der Waals surface area (Å²) < 4.78 is 19.2. The lowest BCUT2D eigenvalue weighted by Crippen LogP contribution is -2.23. The summed E-state index contributed by atoms with van der Waals surface area (Å²) in [6.07, 6.45) is 12.5. The number of amides is 1. The second-order valence-electron chi connectivity index (χ2n) is 11.2. The molecule has 1 amide bonds. The van der Waals surface area contributed by atoms with E-state index < -0.39 is 0 Å². The fourth-order valence-corrected chi connectivity index (χ4v) is 5.58. The van der Waals surface area contributed by atoms with E-state index in [0.29, 0.717) is 17.2 Å². The smallest absolute Gasteiger partial charge is 0.256 e. The lowest BCUT2D eigenvalue weighted by molar-refractivity contribution is -0.114. The second-order valence-corrected chi connectivity index (χ2v) is 11.2. The number of allylic oxidation sites excluding steroid dienone is 5. The number of rotatable bonds is 7. The van der Waals surface area contributed by atoms with Gasteiger partial charge >= 0.3 is 0 Å². The molecule has 206 valence electrons. The van der Waals surface area contributed by atoms with Gasteiger partial charge < -0.3 is 15.0 Å². The normalized spacial score (nSPS) is 22.0. The molecule has 0 saturated heterocycles. The van der Waals surface area contributed by atoms with Crippen LogP contribution in [-0.4, -0.2) is 37.7 Å². The number of hydrogen-bond donors (Lipinski definition) is 1. The van der Waals surface area contributed by atoms with Crippen molar-refractivity contribution in [1.82, 2.24) is 10.2 Å². The van der Waals surface area contributed by atoms with Crippen molar-refractivity contribution in [1.29, 1.82) is 0 Å².